The number of amides is 1. The third-order valence-corrected chi connectivity index (χ3v) is 3.82. The second-order valence-electron chi connectivity index (χ2n) is 5.48. The molecule has 3 aromatic rings. The van der Waals surface area contributed by atoms with E-state index in [-0.39, 0.29) is 17.1 Å². The molecular weight excluding hydrogens is 340 g/mol. The first kappa shape index (κ1) is 17.1. The van der Waals surface area contributed by atoms with Crippen LogP contribution in [0.5, 0.6) is 5.88 Å². The molecule has 0 aliphatic carbocycles. The molecule has 1 amide bonds. The Hall–Kier alpha value is -3.75. The normalized spacial score (nSPS) is 10.5. The van der Waals surface area contributed by atoms with E-state index in [2.05, 4.69) is 15.3 Å². The Kier molecular flexibility index (Phi) is 4.36. The van der Waals surface area contributed by atoms with Gasteiger partial charge in [0.15, 0.2) is 0 Å². The number of nitro groups is 1. The minimum Gasteiger partial charge on any atom is -0.481 e. The van der Waals surface area contributed by atoms with Crippen LogP contribution in [-0.2, 0) is 4.79 Å². The molecule has 0 aliphatic heterocycles. The zero-order chi connectivity index (χ0) is 18.8. The van der Waals surface area contributed by atoms with Crippen molar-refractivity contribution in [2.24, 2.45) is 0 Å². The highest BCUT2D eigenvalue weighted by Gasteiger charge is 2.24. The number of non-ortho nitro benzene ring substituents is 1. The summed E-state index contributed by atoms with van der Waals surface area (Å²) in [6.07, 6.45) is 1.43. The lowest BCUT2D eigenvalue weighted by Gasteiger charge is -2.06. The van der Waals surface area contributed by atoms with Gasteiger partial charge in [-0.05, 0) is 19.1 Å². The number of anilines is 1. The number of pyridine rings is 1. The molecule has 0 radical (unpaired) electrons. The van der Waals surface area contributed by atoms with Crippen molar-refractivity contribution in [3.05, 3.63) is 57.9 Å². The number of hydrogen-bond donors (Lipinski definition) is 2. The molecule has 0 bridgehead atoms. The zero-order valence-corrected chi connectivity index (χ0v) is 13.9. The second kappa shape index (κ2) is 6.63. The number of fused-ring (bicyclic) bond motifs is 1. The monoisotopic (exact) mass is 354 g/mol. The Morgan fingerprint density at radius 3 is 2.73 bits per heavy atom. The maximum Gasteiger partial charge on any atom is 0.296 e. The molecule has 2 heterocycles. The first-order chi connectivity index (χ1) is 12.4. The van der Waals surface area contributed by atoms with Crippen LogP contribution in [0.1, 0.15) is 16.1 Å². The van der Waals surface area contributed by atoms with Crippen molar-refractivity contribution in [2.75, 3.05) is 12.4 Å². The molecule has 0 spiro atoms. The lowest BCUT2D eigenvalue weighted by molar-refractivity contribution is -0.384. The number of nitrogens with zero attached hydrogens (tertiary/aromatic N) is 2. The van der Waals surface area contributed by atoms with Gasteiger partial charge in [0.25, 0.3) is 17.4 Å². The van der Waals surface area contributed by atoms with Crippen molar-refractivity contribution < 1.29 is 19.2 Å². The Labute approximate surface area is 147 Å². The van der Waals surface area contributed by atoms with Gasteiger partial charge in [0.05, 0.1) is 17.6 Å². The lowest BCUT2D eigenvalue weighted by Crippen LogP contribution is -2.23. The number of H-pyrrole nitrogens is 1. The summed E-state index contributed by atoms with van der Waals surface area (Å²) in [7, 11) is 1.43. The molecule has 2 aromatic heterocycles. The fraction of sp³-hybridized carbons (Fsp3) is 0.118. The second-order valence-corrected chi connectivity index (χ2v) is 5.48. The fourth-order valence-corrected chi connectivity index (χ4v) is 2.62. The van der Waals surface area contributed by atoms with Gasteiger partial charge in [-0.3, -0.25) is 19.7 Å². The summed E-state index contributed by atoms with van der Waals surface area (Å²) in [6, 6.07) is 7.09. The highest BCUT2D eigenvalue weighted by atomic mass is 16.6. The van der Waals surface area contributed by atoms with Gasteiger partial charge in [0.1, 0.15) is 0 Å². The van der Waals surface area contributed by atoms with Gasteiger partial charge in [-0.2, -0.15) is 0 Å². The average molecular weight is 354 g/mol. The topological polar surface area (TPSA) is 127 Å². The van der Waals surface area contributed by atoms with Crippen molar-refractivity contribution in [1.82, 2.24) is 9.97 Å². The number of ketones is 1. The van der Waals surface area contributed by atoms with Crippen LogP contribution >= 0.6 is 0 Å². The Balaban J connectivity index is 1.95. The van der Waals surface area contributed by atoms with Gasteiger partial charge < -0.3 is 15.0 Å². The van der Waals surface area contributed by atoms with Crippen LogP contribution in [0.25, 0.3) is 10.9 Å². The first-order valence-corrected chi connectivity index (χ1v) is 7.53. The predicted octanol–water partition coefficient (Wildman–Crippen LogP) is 2.61. The molecule has 0 saturated carbocycles. The lowest BCUT2D eigenvalue weighted by atomic mass is 10.1. The molecule has 1 aromatic carbocycles. The Morgan fingerprint density at radius 1 is 1.27 bits per heavy atom. The molecule has 3 rings (SSSR count). The van der Waals surface area contributed by atoms with Crippen LogP contribution in [0, 0.1) is 17.0 Å². The number of aromatic nitrogens is 2. The third kappa shape index (κ3) is 3.09. The molecule has 9 heteroatoms. The van der Waals surface area contributed by atoms with Crippen molar-refractivity contribution in [3.8, 4) is 5.88 Å². The quantitative estimate of drug-likeness (QED) is 0.314. The minimum atomic E-state index is -0.867. The molecular formula is C17H14N4O5. The first-order valence-electron chi connectivity index (χ1n) is 7.53. The van der Waals surface area contributed by atoms with E-state index in [4.69, 9.17) is 4.74 Å². The number of methoxy groups -OCH3 is 1. The number of ether oxygens (including phenoxy) is 1. The fourth-order valence-electron chi connectivity index (χ4n) is 2.62. The molecule has 0 unspecified atom stereocenters. The van der Waals surface area contributed by atoms with Gasteiger partial charge in [0.2, 0.25) is 5.88 Å². The number of aromatic amines is 1. The summed E-state index contributed by atoms with van der Waals surface area (Å²) in [6.45, 7) is 1.63. The predicted molar refractivity (Wildman–Crippen MR) is 93.4 cm³/mol. The summed E-state index contributed by atoms with van der Waals surface area (Å²) in [5.41, 5.74) is 1.27. The van der Waals surface area contributed by atoms with E-state index in [1.807, 2.05) is 0 Å². The number of hydrogen-bond acceptors (Lipinski definition) is 6. The number of aryl methyl sites for hydroxylation is 1. The number of nitro benzene ring substituents is 1. The smallest absolute Gasteiger partial charge is 0.296 e. The van der Waals surface area contributed by atoms with E-state index in [0.717, 1.165) is 0 Å². The van der Waals surface area contributed by atoms with Crippen molar-refractivity contribution in [2.45, 2.75) is 6.92 Å². The number of rotatable bonds is 5. The van der Waals surface area contributed by atoms with E-state index in [9.17, 15) is 19.7 Å². The molecule has 26 heavy (non-hydrogen) atoms. The Bertz CT molecular complexity index is 1040. The highest BCUT2D eigenvalue weighted by Crippen LogP contribution is 2.27. The van der Waals surface area contributed by atoms with Crippen LogP contribution in [0.3, 0.4) is 0 Å². The maximum atomic E-state index is 12.6. The van der Waals surface area contributed by atoms with Crippen LogP contribution < -0.4 is 10.1 Å². The van der Waals surface area contributed by atoms with Crippen LogP contribution in [0.2, 0.25) is 0 Å². The van der Waals surface area contributed by atoms with Crippen LogP contribution in [0.15, 0.2) is 36.5 Å². The largest absolute Gasteiger partial charge is 0.481 e. The standard InChI is InChI=1S/C17H14N4O5/c1-9-15(12-8-11(21(24)25)3-4-13(12)19-9)16(22)17(23)20-10-5-6-18-14(7-10)26-2/h3-8,19H,1-2H3,(H,18,20,23). The van der Waals surface area contributed by atoms with Crippen molar-refractivity contribution in [1.29, 1.82) is 0 Å². The van der Waals surface area contributed by atoms with Crippen LogP contribution in [-0.4, -0.2) is 33.7 Å². The summed E-state index contributed by atoms with van der Waals surface area (Å²) in [5, 5.41) is 13.8. The number of nitrogens with one attached hydrogen (secondary N) is 2. The summed E-state index contributed by atoms with van der Waals surface area (Å²) in [5.74, 6) is -1.38. The maximum absolute atomic E-state index is 12.6. The average Bonchev–Trinajstić information content (AvgIpc) is 2.95. The number of carbonyl (C=O) groups excluding carboxylic acids is 2. The van der Waals surface area contributed by atoms with Crippen molar-refractivity contribution >= 4 is 34.0 Å². The SMILES string of the molecule is COc1cc(NC(=O)C(=O)c2c(C)[nH]c3ccc([N+](=O)[O-])cc23)ccn1. The highest BCUT2D eigenvalue weighted by molar-refractivity contribution is 6.48. The summed E-state index contributed by atoms with van der Waals surface area (Å²) < 4.78 is 4.97. The minimum absolute atomic E-state index is 0.0993. The molecule has 0 saturated heterocycles. The van der Waals surface area contributed by atoms with Gasteiger partial charge in [-0.25, -0.2) is 4.98 Å². The van der Waals surface area contributed by atoms with E-state index in [1.54, 1.807) is 6.92 Å². The molecule has 0 fully saturated rings. The van der Waals surface area contributed by atoms with E-state index >= 15 is 0 Å². The third-order valence-electron chi connectivity index (χ3n) is 3.82. The number of benzene rings is 1. The summed E-state index contributed by atoms with van der Waals surface area (Å²) >= 11 is 0. The Morgan fingerprint density at radius 2 is 2.04 bits per heavy atom. The van der Waals surface area contributed by atoms with Gasteiger partial charge >= 0.3 is 0 Å². The van der Waals surface area contributed by atoms with Gasteiger partial charge in [-0.15, -0.1) is 0 Å². The number of carbonyl (C=O) groups is 2. The van der Waals surface area contributed by atoms with E-state index in [1.165, 1.54) is 43.6 Å². The molecule has 2 N–H and O–H groups in total. The summed E-state index contributed by atoms with van der Waals surface area (Å²) in [4.78, 5) is 42.3. The van der Waals surface area contributed by atoms with Crippen LogP contribution in [0.4, 0.5) is 11.4 Å². The van der Waals surface area contributed by atoms with E-state index < -0.39 is 16.6 Å². The number of Topliss-reactive ketones (excluding diaryl/α,β-unsaturated/α-hetero) is 1. The molecule has 0 atom stereocenters. The van der Waals surface area contributed by atoms with Gasteiger partial charge in [0, 0.05) is 46.7 Å². The molecule has 132 valence electrons. The zero-order valence-electron chi connectivity index (χ0n) is 13.9. The molecule has 0 aliphatic rings. The van der Waals surface area contributed by atoms with Crippen molar-refractivity contribution in [3.63, 3.8) is 0 Å². The molecule has 9 nitrogen and oxygen atoms in total. The van der Waals surface area contributed by atoms with E-state index in [0.29, 0.717) is 22.3 Å². The van der Waals surface area contributed by atoms with Gasteiger partial charge in [-0.1, -0.05) is 0 Å².